The lowest BCUT2D eigenvalue weighted by molar-refractivity contribution is 0.0999. The molecule has 0 bridgehead atoms. The van der Waals surface area contributed by atoms with Gasteiger partial charge in [0.05, 0.1) is 5.56 Å². The van der Waals surface area contributed by atoms with E-state index in [9.17, 15) is 24.9 Å². The molecule has 3 N–H and O–H groups in total. The summed E-state index contributed by atoms with van der Waals surface area (Å²) in [5.41, 5.74) is -0.126. The van der Waals surface area contributed by atoms with Gasteiger partial charge in [0, 0.05) is 0 Å². The van der Waals surface area contributed by atoms with E-state index in [2.05, 4.69) is 0 Å². The third-order valence-corrected chi connectivity index (χ3v) is 3.03. The van der Waals surface area contributed by atoms with Gasteiger partial charge in [-0.1, -0.05) is 0 Å². The van der Waals surface area contributed by atoms with Crippen LogP contribution >= 0.6 is 0 Å². The van der Waals surface area contributed by atoms with Gasteiger partial charge in [-0.05, 0) is 44.2 Å². The molecule has 0 radical (unpaired) electrons. The van der Waals surface area contributed by atoms with Crippen LogP contribution in [-0.2, 0) is 0 Å². The Labute approximate surface area is 126 Å². The molecular weight excluding hydrogens is 288 g/mol. The van der Waals surface area contributed by atoms with Crippen molar-refractivity contribution in [3.63, 3.8) is 0 Å². The summed E-state index contributed by atoms with van der Waals surface area (Å²) in [5, 5.41) is 29.2. The topological polar surface area (TPSA) is 104 Å². The number of phenols is 3. The van der Waals surface area contributed by atoms with Gasteiger partial charge < -0.3 is 20.1 Å². The second-order valence-corrected chi connectivity index (χ2v) is 4.70. The Morgan fingerprint density at radius 2 is 1.45 bits per heavy atom. The first kappa shape index (κ1) is 15.4. The SMILES string of the molecule is CC(=O)c1cc(Oc2c(O)ccc(O)c2C(C)=O)ccc1O. The summed E-state index contributed by atoms with van der Waals surface area (Å²) >= 11 is 0. The number of phenolic OH excluding ortho intramolecular Hbond substituents is 3. The van der Waals surface area contributed by atoms with Crippen molar-refractivity contribution in [2.75, 3.05) is 0 Å². The Hall–Kier alpha value is -3.02. The van der Waals surface area contributed by atoms with Crippen molar-refractivity contribution in [2.45, 2.75) is 13.8 Å². The van der Waals surface area contributed by atoms with E-state index < -0.39 is 5.78 Å². The minimum Gasteiger partial charge on any atom is -0.507 e. The quantitative estimate of drug-likeness (QED) is 0.592. The van der Waals surface area contributed by atoms with Crippen LogP contribution < -0.4 is 4.74 Å². The third-order valence-electron chi connectivity index (χ3n) is 3.03. The lowest BCUT2D eigenvalue weighted by Crippen LogP contribution is -1.99. The molecule has 6 heteroatoms. The average molecular weight is 302 g/mol. The van der Waals surface area contributed by atoms with Crippen LogP contribution in [0, 0.1) is 0 Å². The van der Waals surface area contributed by atoms with Crippen molar-refractivity contribution in [2.24, 2.45) is 0 Å². The largest absolute Gasteiger partial charge is 0.507 e. The molecule has 0 aliphatic carbocycles. The molecule has 0 fully saturated rings. The third kappa shape index (κ3) is 2.85. The molecule has 2 aromatic rings. The molecule has 0 unspecified atom stereocenters. The Balaban J connectivity index is 2.52. The Kier molecular flexibility index (Phi) is 4.03. The van der Waals surface area contributed by atoms with Gasteiger partial charge in [0.1, 0.15) is 22.8 Å². The molecule has 0 spiro atoms. The van der Waals surface area contributed by atoms with Crippen molar-refractivity contribution in [3.8, 4) is 28.7 Å². The summed E-state index contributed by atoms with van der Waals surface area (Å²) in [5.74, 6) is -1.80. The first-order valence-corrected chi connectivity index (χ1v) is 6.39. The van der Waals surface area contributed by atoms with Gasteiger partial charge in [-0.3, -0.25) is 9.59 Å². The number of ketones is 2. The molecule has 2 aromatic carbocycles. The number of carbonyl (C=O) groups is 2. The Morgan fingerprint density at radius 3 is 2.05 bits per heavy atom. The maximum atomic E-state index is 11.6. The number of hydrogen-bond acceptors (Lipinski definition) is 6. The number of aromatic hydroxyl groups is 3. The molecule has 0 heterocycles. The Morgan fingerprint density at radius 1 is 0.864 bits per heavy atom. The molecule has 0 aliphatic heterocycles. The van der Waals surface area contributed by atoms with E-state index in [1.807, 2.05) is 0 Å². The van der Waals surface area contributed by atoms with Crippen molar-refractivity contribution in [3.05, 3.63) is 41.5 Å². The molecule has 0 aliphatic rings. The predicted molar refractivity (Wildman–Crippen MR) is 78.0 cm³/mol. The lowest BCUT2D eigenvalue weighted by atomic mass is 10.1. The molecule has 0 aromatic heterocycles. The van der Waals surface area contributed by atoms with E-state index in [-0.39, 0.29) is 45.7 Å². The van der Waals surface area contributed by atoms with E-state index in [4.69, 9.17) is 4.74 Å². The van der Waals surface area contributed by atoms with Crippen LogP contribution in [0.25, 0.3) is 0 Å². The number of carbonyl (C=O) groups excluding carboxylic acids is 2. The fraction of sp³-hybridized carbons (Fsp3) is 0.125. The highest BCUT2D eigenvalue weighted by molar-refractivity contribution is 6.00. The summed E-state index contributed by atoms with van der Waals surface area (Å²) in [6, 6.07) is 6.28. The van der Waals surface area contributed by atoms with Crippen LogP contribution in [-0.4, -0.2) is 26.9 Å². The van der Waals surface area contributed by atoms with Crippen LogP contribution in [0.2, 0.25) is 0 Å². The monoisotopic (exact) mass is 302 g/mol. The summed E-state index contributed by atoms with van der Waals surface area (Å²) in [6.45, 7) is 2.50. The normalized spacial score (nSPS) is 10.3. The second kappa shape index (κ2) is 5.77. The minimum absolute atomic E-state index is 0.0431. The molecule has 0 saturated heterocycles. The first-order valence-electron chi connectivity index (χ1n) is 6.39. The van der Waals surface area contributed by atoms with Gasteiger partial charge in [-0.25, -0.2) is 0 Å². The van der Waals surface area contributed by atoms with Gasteiger partial charge in [-0.15, -0.1) is 0 Å². The van der Waals surface area contributed by atoms with Crippen LogP contribution in [0.1, 0.15) is 34.6 Å². The molecule has 0 atom stereocenters. The van der Waals surface area contributed by atoms with E-state index in [1.165, 1.54) is 44.2 Å². The molecule has 0 amide bonds. The zero-order chi connectivity index (χ0) is 16.4. The predicted octanol–water partition coefficient (Wildman–Crippen LogP) is 3.00. The Bertz CT molecular complexity index is 763. The first-order chi connectivity index (χ1) is 10.3. The van der Waals surface area contributed by atoms with E-state index in [0.29, 0.717) is 0 Å². The number of hydrogen-bond donors (Lipinski definition) is 3. The van der Waals surface area contributed by atoms with Crippen LogP contribution in [0.3, 0.4) is 0 Å². The zero-order valence-electron chi connectivity index (χ0n) is 12.0. The lowest BCUT2D eigenvalue weighted by Gasteiger charge is -2.13. The summed E-state index contributed by atoms with van der Waals surface area (Å²) < 4.78 is 5.43. The number of ether oxygens (including phenoxy) is 1. The minimum atomic E-state index is -0.492. The van der Waals surface area contributed by atoms with Crippen LogP contribution in [0.15, 0.2) is 30.3 Å². The molecule has 22 heavy (non-hydrogen) atoms. The van der Waals surface area contributed by atoms with E-state index in [0.717, 1.165) is 0 Å². The highest BCUT2D eigenvalue weighted by Crippen LogP contribution is 2.40. The highest BCUT2D eigenvalue weighted by Gasteiger charge is 2.19. The number of benzene rings is 2. The summed E-state index contributed by atoms with van der Waals surface area (Å²) in [6.07, 6.45) is 0. The van der Waals surface area contributed by atoms with E-state index >= 15 is 0 Å². The smallest absolute Gasteiger partial charge is 0.183 e. The maximum Gasteiger partial charge on any atom is 0.183 e. The summed E-state index contributed by atoms with van der Waals surface area (Å²) in [4.78, 5) is 23.0. The fourth-order valence-electron chi connectivity index (χ4n) is 1.98. The summed E-state index contributed by atoms with van der Waals surface area (Å²) in [7, 11) is 0. The van der Waals surface area contributed by atoms with Gasteiger partial charge in [-0.2, -0.15) is 0 Å². The van der Waals surface area contributed by atoms with Crippen LogP contribution in [0.5, 0.6) is 28.7 Å². The standard InChI is InChI=1S/C16H14O6/c1-8(17)11-7-10(3-4-12(11)19)22-16-14(21)6-5-13(20)15(16)9(2)18/h3-7,19-21H,1-2H3. The van der Waals surface area contributed by atoms with Gasteiger partial charge in [0.2, 0.25) is 0 Å². The number of Topliss-reactive ketones (excluding diaryl/α,β-unsaturated/α-hetero) is 2. The van der Waals surface area contributed by atoms with Gasteiger partial charge in [0.15, 0.2) is 23.1 Å². The van der Waals surface area contributed by atoms with Gasteiger partial charge in [0.25, 0.3) is 0 Å². The van der Waals surface area contributed by atoms with E-state index in [1.54, 1.807) is 0 Å². The molecule has 114 valence electrons. The molecule has 0 saturated carbocycles. The maximum absolute atomic E-state index is 11.6. The van der Waals surface area contributed by atoms with Crippen LogP contribution in [0.4, 0.5) is 0 Å². The van der Waals surface area contributed by atoms with Crippen molar-refractivity contribution < 1.29 is 29.6 Å². The molecular formula is C16H14O6. The zero-order valence-corrected chi connectivity index (χ0v) is 12.0. The average Bonchev–Trinajstić information content (AvgIpc) is 2.44. The highest BCUT2D eigenvalue weighted by atomic mass is 16.5. The van der Waals surface area contributed by atoms with Crippen molar-refractivity contribution in [1.82, 2.24) is 0 Å². The van der Waals surface area contributed by atoms with Crippen molar-refractivity contribution in [1.29, 1.82) is 0 Å². The fourth-order valence-corrected chi connectivity index (χ4v) is 1.98. The number of rotatable bonds is 4. The van der Waals surface area contributed by atoms with Crippen molar-refractivity contribution >= 4 is 11.6 Å². The second-order valence-electron chi connectivity index (χ2n) is 4.70. The molecule has 6 nitrogen and oxygen atoms in total. The molecule has 2 rings (SSSR count). The van der Waals surface area contributed by atoms with Gasteiger partial charge >= 0.3 is 0 Å².